The van der Waals surface area contributed by atoms with Crippen LogP contribution < -0.4 is 4.74 Å². The van der Waals surface area contributed by atoms with Crippen molar-refractivity contribution >= 4 is 23.2 Å². The van der Waals surface area contributed by atoms with E-state index in [0.717, 1.165) is 6.07 Å². The molecule has 0 fully saturated rings. The summed E-state index contributed by atoms with van der Waals surface area (Å²) in [4.78, 5) is 7.63. The molecule has 1 aromatic heterocycles. The predicted molar refractivity (Wildman–Crippen MR) is 64.2 cm³/mol. The van der Waals surface area contributed by atoms with Gasteiger partial charge in [-0.3, -0.25) is 0 Å². The summed E-state index contributed by atoms with van der Waals surface area (Å²) in [6.07, 6.45) is -4.81. The SMILES string of the molecule is FC(F)(F)Oc1ccccc1-c1nc(Cl)cc(Cl)n1. The largest absolute Gasteiger partial charge is 0.573 e. The van der Waals surface area contributed by atoms with Crippen molar-refractivity contribution in [2.75, 3.05) is 0 Å². The molecule has 0 aliphatic carbocycles. The van der Waals surface area contributed by atoms with E-state index in [1.807, 2.05) is 0 Å². The first-order valence-electron chi connectivity index (χ1n) is 4.90. The van der Waals surface area contributed by atoms with E-state index in [0.29, 0.717) is 0 Å². The predicted octanol–water partition coefficient (Wildman–Crippen LogP) is 4.35. The summed E-state index contributed by atoms with van der Waals surface area (Å²) in [6.45, 7) is 0. The Balaban J connectivity index is 2.50. The van der Waals surface area contributed by atoms with E-state index in [4.69, 9.17) is 23.2 Å². The molecule has 8 heteroatoms. The molecule has 0 bridgehead atoms. The average Bonchev–Trinajstić information content (AvgIpc) is 2.26. The van der Waals surface area contributed by atoms with Gasteiger partial charge in [0.15, 0.2) is 5.82 Å². The van der Waals surface area contributed by atoms with Gasteiger partial charge in [0.25, 0.3) is 0 Å². The molecule has 0 saturated heterocycles. The highest BCUT2D eigenvalue weighted by Crippen LogP contribution is 2.32. The summed E-state index contributed by atoms with van der Waals surface area (Å²) in [5.74, 6) is -0.467. The van der Waals surface area contributed by atoms with Gasteiger partial charge in [-0.15, -0.1) is 13.2 Å². The Morgan fingerprint density at radius 2 is 1.58 bits per heavy atom. The van der Waals surface area contributed by atoms with Crippen LogP contribution in [0.1, 0.15) is 0 Å². The summed E-state index contributed by atoms with van der Waals surface area (Å²) < 4.78 is 40.7. The molecule has 1 heterocycles. The maximum atomic E-state index is 12.3. The van der Waals surface area contributed by atoms with Crippen LogP contribution in [0.4, 0.5) is 13.2 Å². The summed E-state index contributed by atoms with van der Waals surface area (Å²) in [7, 11) is 0. The average molecular weight is 309 g/mol. The van der Waals surface area contributed by atoms with E-state index in [-0.39, 0.29) is 21.7 Å². The van der Waals surface area contributed by atoms with Crippen LogP contribution in [-0.4, -0.2) is 16.3 Å². The van der Waals surface area contributed by atoms with Crippen LogP contribution in [-0.2, 0) is 0 Å². The lowest BCUT2D eigenvalue weighted by molar-refractivity contribution is -0.274. The van der Waals surface area contributed by atoms with Gasteiger partial charge in [-0.2, -0.15) is 0 Å². The molecule has 0 amide bonds. The van der Waals surface area contributed by atoms with Gasteiger partial charge in [-0.25, -0.2) is 9.97 Å². The Bertz CT molecular complexity index is 584. The minimum absolute atomic E-state index is 0.0248. The Morgan fingerprint density at radius 3 is 2.16 bits per heavy atom. The van der Waals surface area contributed by atoms with Crippen molar-refractivity contribution in [3.05, 3.63) is 40.6 Å². The zero-order valence-corrected chi connectivity index (χ0v) is 10.6. The molecule has 2 aromatic rings. The van der Waals surface area contributed by atoms with Crippen molar-refractivity contribution in [1.82, 2.24) is 9.97 Å². The number of nitrogens with zero attached hydrogens (tertiary/aromatic N) is 2. The highest BCUT2D eigenvalue weighted by molar-refractivity contribution is 6.33. The highest BCUT2D eigenvalue weighted by atomic mass is 35.5. The zero-order valence-electron chi connectivity index (χ0n) is 9.08. The quantitative estimate of drug-likeness (QED) is 0.774. The van der Waals surface area contributed by atoms with Crippen molar-refractivity contribution in [2.45, 2.75) is 6.36 Å². The van der Waals surface area contributed by atoms with E-state index in [9.17, 15) is 13.2 Å². The Kier molecular flexibility index (Phi) is 3.82. The fraction of sp³-hybridized carbons (Fsp3) is 0.0909. The molecule has 0 spiro atoms. The molecule has 1 aromatic carbocycles. The first-order chi connectivity index (χ1) is 8.85. The second-order valence-electron chi connectivity index (χ2n) is 3.38. The van der Waals surface area contributed by atoms with E-state index < -0.39 is 12.1 Å². The number of para-hydroxylation sites is 1. The van der Waals surface area contributed by atoms with Gasteiger partial charge in [-0.05, 0) is 12.1 Å². The van der Waals surface area contributed by atoms with E-state index in [1.54, 1.807) is 0 Å². The van der Waals surface area contributed by atoms with Crippen molar-refractivity contribution < 1.29 is 17.9 Å². The molecule has 0 N–H and O–H groups in total. The Morgan fingerprint density at radius 1 is 1.00 bits per heavy atom. The van der Waals surface area contributed by atoms with Crippen LogP contribution in [0.3, 0.4) is 0 Å². The topological polar surface area (TPSA) is 35.0 Å². The first kappa shape index (κ1) is 13.9. The van der Waals surface area contributed by atoms with E-state index in [1.165, 1.54) is 24.3 Å². The molecule has 2 rings (SSSR count). The third-order valence-corrected chi connectivity index (χ3v) is 2.40. The number of aromatic nitrogens is 2. The molecule has 3 nitrogen and oxygen atoms in total. The van der Waals surface area contributed by atoms with E-state index >= 15 is 0 Å². The number of hydrogen-bond acceptors (Lipinski definition) is 3. The number of alkyl halides is 3. The van der Waals surface area contributed by atoms with Gasteiger partial charge in [-0.1, -0.05) is 35.3 Å². The summed E-state index contributed by atoms with van der Waals surface area (Å²) in [5.41, 5.74) is 0.0456. The third kappa shape index (κ3) is 3.71. The van der Waals surface area contributed by atoms with Crippen molar-refractivity contribution in [1.29, 1.82) is 0 Å². The molecule has 0 aliphatic rings. The van der Waals surface area contributed by atoms with Crippen LogP contribution >= 0.6 is 23.2 Å². The lowest BCUT2D eigenvalue weighted by Gasteiger charge is -2.12. The normalized spacial score (nSPS) is 11.4. The van der Waals surface area contributed by atoms with Gasteiger partial charge in [0, 0.05) is 6.07 Å². The first-order valence-corrected chi connectivity index (χ1v) is 5.66. The van der Waals surface area contributed by atoms with Crippen LogP contribution in [0.15, 0.2) is 30.3 Å². The van der Waals surface area contributed by atoms with Crippen molar-refractivity contribution in [2.24, 2.45) is 0 Å². The smallest absolute Gasteiger partial charge is 0.405 e. The van der Waals surface area contributed by atoms with Crippen LogP contribution in [0, 0.1) is 0 Å². The lowest BCUT2D eigenvalue weighted by atomic mass is 10.2. The molecule has 100 valence electrons. The molecular weight excluding hydrogens is 304 g/mol. The van der Waals surface area contributed by atoms with E-state index in [2.05, 4.69) is 14.7 Å². The number of hydrogen-bond donors (Lipinski definition) is 0. The molecule has 0 radical (unpaired) electrons. The number of halogens is 5. The number of rotatable bonds is 2. The number of benzene rings is 1. The molecule has 0 atom stereocenters. The minimum atomic E-state index is -4.81. The third-order valence-electron chi connectivity index (χ3n) is 2.02. The number of ether oxygens (including phenoxy) is 1. The van der Waals surface area contributed by atoms with Crippen LogP contribution in [0.25, 0.3) is 11.4 Å². The minimum Gasteiger partial charge on any atom is -0.405 e. The Labute approximate surface area is 116 Å². The summed E-state index contributed by atoms with van der Waals surface area (Å²) in [6, 6.07) is 6.73. The zero-order chi connectivity index (χ0) is 14.0. The monoisotopic (exact) mass is 308 g/mol. The van der Waals surface area contributed by atoms with Crippen molar-refractivity contribution in [3.8, 4) is 17.1 Å². The molecular formula is C11H5Cl2F3N2O. The van der Waals surface area contributed by atoms with Crippen molar-refractivity contribution in [3.63, 3.8) is 0 Å². The summed E-state index contributed by atoms with van der Waals surface area (Å²) in [5, 5.41) is 0.0497. The standard InChI is InChI=1S/C11H5Cl2F3N2O/c12-8-5-9(13)18-10(17-8)6-3-1-2-4-7(6)19-11(14,15)16/h1-5H. The molecule has 0 aliphatic heterocycles. The Hall–Kier alpha value is -1.53. The molecule has 0 unspecified atom stereocenters. The fourth-order valence-electron chi connectivity index (χ4n) is 1.38. The summed E-state index contributed by atoms with van der Waals surface area (Å²) >= 11 is 11.4. The fourth-order valence-corrected chi connectivity index (χ4v) is 1.80. The lowest BCUT2D eigenvalue weighted by Crippen LogP contribution is -2.17. The van der Waals surface area contributed by atoms with Gasteiger partial charge in [0.1, 0.15) is 16.1 Å². The molecule has 19 heavy (non-hydrogen) atoms. The maximum Gasteiger partial charge on any atom is 0.573 e. The van der Waals surface area contributed by atoms with Gasteiger partial charge >= 0.3 is 6.36 Å². The molecule has 0 saturated carbocycles. The van der Waals surface area contributed by atoms with Crippen LogP contribution in [0.5, 0.6) is 5.75 Å². The van der Waals surface area contributed by atoms with Gasteiger partial charge in [0.2, 0.25) is 0 Å². The van der Waals surface area contributed by atoms with Gasteiger partial charge < -0.3 is 4.74 Å². The second kappa shape index (κ2) is 5.22. The van der Waals surface area contributed by atoms with Gasteiger partial charge in [0.05, 0.1) is 5.56 Å². The highest BCUT2D eigenvalue weighted by Gasteiger charge is 2.32. The second-order valence-corrected chi connectivity index (χ2v) is 4.16. The maximum absolute atomic E-state index is 12.3. The van der Waals surface area contributed by atoms with Crippen LogP contribution in [0.2, 0.25) is 10.3 Å².